The number of benzene rings is 1. The smallest absolute Gasteiger partial charge is 0.226 e. The second-order valence-electron chi connectivity index (χ2n) is 11.0. The number of anilines is 1. The molecule has 0 saturated carbocycles. The summed E-state index contributed by atoms with van der Waals surface area (Å²) < 4.78 is 7.63. The molecule has 0 spiro atoms. The molecule has 0 radical (unpaired) electrons. The first kappa shape index (κ1) is 27.0. The van der Waals surface area contributed by atoms with Crippen LogP contribution in [-0.2, 0) is 21.4 Å². The van der Waals surface area contributed by atoms with Gasteiger partial charge in [-0.05, 0) is 29.7 Å². The van der Waals surface area contributed by atoms with Crippen molar-refractivity contribution in [3.05, 3.63) is 54.0 Å². The van der Waals surface area contributed by atoms with Gasteiger partial charge >= 0.3 is 0 Å². The third-order valence-corrected chi connectivity index (χ3v) is 7.01. The topological polar surface area (TPSA) is 130 Å². The summed E-state index contributed by atoms with van der Waals surface area (Å²) in [7, 11) is 3.69. The van der Waals surface area contributed by atoms with Gasteiger partial charge in [0.1, 0.15) is 23.8 Å². The fourth-order valence-corrected chi connectivity index (χ4v) is 4.53. The van der Waals surface area contributed by atoms with Crippen molar-refractivity contribution in [2.75, 3.05) is 39.5 Å². The van der Waals surface area contributed by atoms with Gasteiger partial charge in [0, 0.05) is 32.9 Å². The first-order valence-corrected chi connectivity index (χ1v) is 12.6. The van der Waals surface area contributed by atoms with Crippen LogP contribution in [0.1, 0.15) is 38.1 Å². The lowest BCUT2D eigenvalue weighted by Gasteiger charge is -2.25. The highest BCUT2D eigenvalue weighted by atomic mass is 16.6. The number of likely N-dealkylation sites (N-methyl/N-ethyl adjacent to an activating group) is 2. The van der Waals surface area contributed by atoms with Gasteiger partial charge in [-0.15, -0.1) is 0 Å². The third kappa shape index (κ3) is 5.93. The standard InChI is InChI=1S/C27H38N6O4/c1-27(2,3)18-8-6-17(7-9-18)14-21(34)32(5)13-12-31(4)15-20-23(35)24(36)26(37-20)33-16-30-22-19(28)10-11-29-25(22)33/h6-11,16,20,23-24,26,35-36H,12-15H2,1-5H3,(H2,28,29)/t20-,23-,24-,26-/m1/s1. The minimum atomic E-state index is -1.15. The van der Waals surface area contributed by atoms with Crippen LogP contribution in [0.15, 0.2) is 42.9 Å². The number of imidazole rings is 1. The Hall–Kier alpha value is -3.05. The van der Waals surface area contributed by atoms with E-state index in [0.717, 1.165) is 5.56 Å². The molecule has 1 aromatic carbocycles. The van der Waals surface area contributed by atoms with Crippen molar-refractivity contribution >= 4 is 22.8 Å². The van der Waals surface area contributed by atoms with Crippen molar-refractivity contribution in [2.45, 2.75) is 57.1 Å². The summed E-state index contributed by atoms with van der Waals surface area (Å²) in [5.41, 5.74) is 9.76. The number of aliphatic hydroxyl groups excluding tert-OH is 2. The fraction of sp³-hybridized carbons (Fsp3) is 0.519. The van der Waals surface area contributed by atoms with E-state index in [4.69, 9.17) is 10.5 Å². The zero-order chi connectivity index (χ0) is 26.9. The second-order valence-corrected chi connectivity index (χ2v) is 11.0. The van der Waals surface area contributed by atoms with Crippen LogP contribution < -0.4 is 5.73 Å². The molecule has 1 aliphatic rings. The molecule has 0 bridgehead atoms. The number of carbonyl (C=O) groups excluding carboxylic acids is 1. The average Bonchev–Trinajstić information content (AvgIpc) is 3.39. The van der Waals surface area contributed by atoms with Gasteiger partial charge in [-0.25, -0.2) is 9.97 Å². The maximum Gasteiger partial charge on any atom is 0.226 e. The molecule has 10 heteroatoms. The first-order chi connectivity index (χ1) is 17.5. The Morgan fingerprint density at radius 2 is 1.78 bits per heavy atom. The SMILES string of the molecule is CN(CCN(C)C(=O)Cc1ccc(C(C)(C)C)cc1)C[C@H]1O[C@@H](n2cnc3c(N)ccnc32)[C@H](O)[C@@H]1O. The maximum atomic E-state index is 12.7. The highest BCUT2D eigenvalue weighted by Crippen LogP contribution is 2.32. The van der Waals surface area contributed by atoms with Crippen LogP contribution in [-0.4, -0.2) is 92.5 Å². The normalized spacial score (nSPS) is 22.2. The molecule has 0 unspecified atom stereocenters. The van der Waals surface area contributed by atoms with Crippen LogP contribution in [0.5, 0.6) is 0 Å². The Bertz CT molecular complexity index is 1220. The monoisotopic (exact) mass is 510 g/mol. The molecule has 2 aromatic heterocycles. The van der Waals surface area contributed by atoms with Gasteiger partial charge in [-0.3, -0.25) is 9.36 Å². The van der Waals surface area contributed by atoms with Crippen LogP contribution >= 0.6 is 0 Å². The number of nitrogen functional groups attached to an aromatic ring is 1. The second kappa shape index (κ2) is 10.7. The van der Waals surface area contributed by atoms with Crippen LogP contribution in [0.3, 0.4) is 0 Å². The molecule has 10 nitrogen and oxygen atoms in total. The number of rotatable bonds is 8. The Labute approximate surface area is 217 Å². The van der Waals surface area contributed by atoms with E-state index in [0.29, 0.717) is 42.9 Å². The van der Waals surface area contributed by atoms with Crippen molar-refractivity contribution in [1.82, 2.24) is 24.3 Å². The van der Waals surface area contributed by atoms with Gasteiger partial charge in [0.05, 0.1) is 18.4 Å². The average molecular weight is 511 g/mol. The summed E-state index contributed by atoms with van der Waals surface area (Å²) in [4.78, 5) is 25.0. The third-order valence-electron chi connectivity index (χ3n) is 7.01. The number of nitrogens with zero attached hydrogens (tertiary/aromatic N) is 5. The van der Waals surface area contributed by atoms with E-state index < -0.39 is 24.5 Å². The fourth-order valence-electron chi connectivity index (χ4n) is 4.53. The number of nitrogens with two attached hydrogens (primary N) is 1. The number of pyridine rings is 1. The van der Waals surface area contributed by atoms with Gasteiger partial charge < -0.3 is 30.5 Å². The summed E-state index contributed by atoms with van der Waals surface area (Å²) in [5, 5.41) is 21.3. The number of ether oxygens (including phenoxy) is 1. The molecule has 3 heterocycles. The largest absolute Gasteiger partial charge is 0.397 e. The van der Waals surface area contributed by atoms with Crippen molar-refractivity contribution in [3.63, 3.8) is 0 Å². The molecular weight excluding hydrogens is 472 g/mol. The highest BCUT2D eigenvalue weighted by Gasteiger charge is 2.44. The lowest BCUT2D eigenvalue weighted by atomic mass is 9.86. The summed E-state index contributed by atoms with van der Waals surface area (Å²) in [6.45, 7) is 8.00. The summed E-state index contributed by atoms with van der Waals surface area (Å²) >= 11 is 0. The molecule has 4 N–H and O–H groups in total. The maximum absolute atomic E-state index is 12.7. The molecule has 3 aromatic rings. The predicted octanol–water partition coefficient (Wildman–Crippen LogP) is 1.56. The number of hydrogen-bond acceptors (Lipinski definition) is 8. The van der Waals surface area contributed by atoms with E-state index >= 15 is 0 Å². The molecule has 4 rings (SSSR count). The van der Waals surface area contributed by atoms with Gasteiger partial charge in [0.2, 0.25) is 5.91 Å². The molecular formula is C27H38N6O4. The van der Waals surface area contributed by atoms with Gasteiger partial charge in [-0.1, -0.05) is 45.0 Å². The molecule has 200 valence electrons. The van der Waals surface area contributed by atoms with Crippen molar-refractivity contribution < 1.29 is 19.7 Å². The van der Waals surface area contributed by atoms with Crippen molar-refractivity contribution in [2.24, 2.45) is 0 Å². The Morgan fingerprint density at radius 3 is 2.46 bits per heavy atom. The van der Waals surface area contributed by atoms with Crippen LogP contribution in [0.25, 0.3) is 11.2 Å². The number of amides is 1. The molecule has 1 aliphatic heterocycles. The number of aromatic nitrogens is 3. The van der Waals surface area contributed by atoms with Gasteiger partial charge in [-0.2, -0.15) is 0 Å². The number of aliphatic hydroxyl groups is 2. The number of hydrogen-bond donors (Lipinski definition) is 3. The van der Waals surface area contributed by atoms with E-state index in [2.05, 4.69) is 42.9 Å². The zero-order valence-electron chi connectivity index (χ0n) is 22.2. The minimum Gasteiger partial charge on any atom is -0.397 e. The first-order valence-electron chi connectivity index (χ1n) is 12.6. The van der Waals surface area contributed by atoms with Crippen molar-refractivity contribution in [3.8, 4) is 0 Å². The Morgan fingerprint density at radius 1 is 1.08 bits per heavy atom. The summed E-state index contributed by atoms with van der Waals surface area (Å²) in [6.07, 6.45) is -0.252. The Kier molecular flexibility index (Phi) is 7.84. The van der Waals surface area contributed by atoms with Crippen LogP contribution in [0, 0.1) is 0 Å². The number of carbonyl (C=O) groups is 1. The van der Waals surface area contributed by atoms with E-state index in [9.17, 15) is 15.0 Å². The lowest BCUT2D eigenvalue weighted by Crippen LogP contribution is -2.41. The quantitative estimate of drug-likeness (QED) is 0.416. The molecule has 0 aliphatic carbocycles. The van der Waals surface area contributed by atoms with Gasteiger partial charge in [0.15, 0.2) is 11.9 Å². The molecule has 1 saturated heterocycles. The van der Waals surface area contributed by atoms with Gasteiger partial charge in [0.25, 0.3) is 0 Å². The highest BCUT2D eigenvalue weighted by molar-refractivity contribution is 5.83. The number of fused-ring (bicyclic) bond motifs is 1. The van der Waals surface area contributed by atoms with Crippen LogP contribution in [0.4, 0.5) is 5.69 Å². The van der Waals surface area contributed by atoms with E-state index in [-0.39, 0.29) is 11.3 Å². The Balaban J connectivity index is 1.29. The summed E-state index contributed by atoms with van der Waals surface area (Å²) in [5.74, 6) is 0.0447. The lowest BCUT2D eigenvalue weighted by molar-refractivity contribution is -0.129. The van der Waals surface area contributed by atoms with E-state index in [1.807, 2.05) is 24.1 Å². The zero-order valence-corrected chi connectivity index (χ0v) is 22.2. The molecule has 4 atom stereocenters. The van der Waals surface area contributed by atoms with Crippen LogP contribution in [0.2, 0.25) is 0 Å². The van der Waals surface area contributed by atoms with E-state index in [1.54, 1.807) is 28.8 Å². The summed E-state index contributed by atoms with van der Waals surface area (Å²) in [6, 6.07) is 9.87. The predicted molar refractivity (Wildman–Crippen MR) is 142 cm³/mol. The minimum absolute atomic E-state index is 0.0447. The molecule has 37 heavy (non-hydrogen) atoms. The van der Waals surface area contributed by atoms with E-state index in [1.165, 1.54) is 11.9 Å². The van der Waals surface area contributed by atoms with Crippen molar-refractivity contribution in [1.29, 1.82) is 0 Å². The molecule has 1 fully saturated rings. The molecule has 1 amide bonds.